The Bertz CT molecular complexity index is 347. The lowest BCUT2D eigenvalue weighted by molar-refractivity contribution is -0.0808. The van der Waals surface area contributed by atoms with Gasteiger partial charge in [-0.05, 0) is 18.2 Å². The van der Waals surface area contributed by atoms with Gasteiger partial charge < -0.3 is 9.47 Å². The molecule has 14 heavy (non-hydrogen) atoms. The van der Waals surface area contributed by atoms with Crippen molar-refractivity contribution < 1.29 is 18.7 Å². The number of rotatable bonds is 3. The van der Waals surface area contributed by atoms with Crippen LogP contribution in [0.4, 0.5) is 4.39 Å². The minimum atomic E-state index is -0.512. The average Bonchev–Trinajstić information content (AvgIpc) is 2.13. The molecule has 1 aromatic carbocycles. The molecule has 0 atom stereocenters. The van der Waals surface area contributed by atoms with Crippen LogP contribution in [-0.2, 0) is 4.74 Å². The quantitative estimate of drug-likeness (QED) is 0.686. The van der Waals surface area contributed by atoms with Crippen LogP contribution in [0.3, 0.4) is 0 Å². The van der Waals surface area contributed by atoms with E-state index in [1.54, 1.807) is 0 Å². The summed E-state index contributed by atoms with van der Waals surface area (Å²) in [4.78, 5) is 10.3. The maximum atomic E-state index is 13.2. The van der Waals surface area contributed by atoms with E-state index in [1.165, 1.54) is 12.1 Å². The van der Waals surface area contributed by atoms with Gasteiger partial charge in [0.15, 0.2) is 11.6 Å². The zero-order valence-corrected chi connectivity index (χ0v) is 7.40. The third kappa shape index (κ3) is 1.75. The van der Waals surface area contributed by atoms with Crippen LogP contribution < -0.4 is 4.74 Å². The lowest BCUT2D eigenvalue weighted by Gasteiger charge is -2.26. The first-order valence-corrected chi connectivity index (χ1v) is 4.29. The molecule has 0 unspecified atom stereocenters. The van der Waals surface area contributed by atoms with Crippen molar-refractivity contribution in [1.82, 2.24) is 0 Å². The molecule has 0 N–H and O–H groups in total. The Morgan fingerprint density at radius 3 is 2.79 bits per heavy atom. The zero-order chi connectivity index (χ0) is 9.97. The highest BCUT2D eigenvalue weighted by atomic mass is 19.1. The molecule has 0 spiro atoms. The van der Waals surface area contributed by atoms with E-state index in [4.69, 9.17) is 9.47 Å². The van der Waals surface area contributed by atoms with Gasteiger partial charge in [-0.15, -0.1) is 0 Å². The Morgan fingerprint density at radius 2 is 2.29 bits per heavy atom. The number of ether oxygens (including phenoxy) is 2. The average molecular weight is 196 g/mol. The summed E-state index contributed by atoms with van der Waals surface area (Å²) in [6.45, 7) is 0.990. The van der Waals surface area contributed by atoms with Gasteiger partial charge in [0, 0.05) is 5.56 Å². The first-order valence-electron chi connectivity index (χ1n) is 4.29. The largest absolute Gasteiger partial charge is 0.483 e. The van der Waals surface area contributed by atoms with Gasteiger partial charge in [0.1, 0.15) is 12.4 Å². The summed E-state index contributed by atoms with van der Waals surface area (Å²) in [5, 5.41) is 0. The number of benzene rings is 1. The van der Waals surface area contributed by atoms with Crippen LogP contribution in [-0.4, -0.2) is 25.6 Å². The molecule has 1 heterocycles. The van der Waals surface area contributed by atoms with Crippen LogP contribution in [0, 0.1) is 5.82 Å². The summed E-state index contributed by atoms with van der Waals surface area (Å²) >= 11 is 0. The van der Waals surface area contributed by atoms with Crippen molar-refractivity contribution in [3.63, 3.8) is 0 Å². The molecular formula is C10H9FO3. The molecule has 1 aromatic rings. The van der Waals surface area contributed by atoms with Crippen LogP contribution in [0.15, 0.2) is 18.2 Å². The molecule has 2 rings (SSSR count). The molecule has 1 aliphatic rings. The van der Waals surface area contributed by atoms with Crippen LogP contribution in [0.2, 0.25) is 0 Å². The van der Waals surface area contributed by atoms with Crippen LogP contribution in [0.1, 0.15) is 10.4 Å². The van der Waals surface area contributed by atoms with Gasteiger partial charge in [-0.25, -0.2) is 4.39 Å². The van der Waals surface area contributed by atoms with E-state index in [-0.39, 0.29) is 11.9 Å². The smallest absolute Gasteiger partial charge is 0.165 e. The van der Waals surface area contributed by atoms with Crippen LogP contribution >= 0.6 is 0 Å². The van der Waals surface area contributed by atoms with E-state index in [1.807, 2.05) is 0 Å². The van der Waals surface area contributed by atoms with Crippen molar-refractivity contribution in [2.75, 3.05) is 13.2 Å². The van der Waals surface area contributed by atoms with Crippen molar-refractivity contribution >= 4 is 6.29 Å². The number of carbonyl (C=O) groups is 1. The molecule has 3 nitrogen and oxygen atoms in total. The number of hydrogen-bond donors (Lipinski definition) is 0. The Kier molecular flexibility index (Phi) is 2.45. The maximum Gasteiger partial charge on any atom is 0.165 e. The topological polar surface area (TPSA) is 35.5 Å². The van der Waals surface area contributed by atoms with Crippen molar-refractivity contribution in [3.05, 3.63) is 29.6 Å². The second-order valence-corrected chi connectivity index (χ2v) is 3.09. The molecular weight excluding hydrogens is 187 g/mol. The SMILES string of the molecule is O=Cc1ccc(OC2COC2)c(F)c1. The van der Waals surface area contributed by atoms with Gasteiger partial charge in [0.2, 0.25) is 0 Å². The Balaban J connectivity index is 2.12. The monoisotopic (exact) mass is 196 g/mol. The van der Waals surface area contributed by atoms with E-state index < -0.39 is 5.82 Å². The lowest BCUT2D eigenvalue weighted by atomic mass is 10.2. The van der Waals surface area contributed by atoms with Gasteiger partial charge in [0.25, 0.3) is 0 Å². The molecule has 0 saturated carbocycles. The first-order chi connectivity index (χ1) is 6.79. The number of hydrogen-bond acceptors (Lipinski definition) is 3. The van der Waals surface area contributed by atoms with Crippen LogP contribution in [0.5, 0.6) is 5.75 Å². The Morgan fingerprint density at radius 1 is 1.50 bits per heavy atom. The highest BCUT2D eigenvalue weighted by Gasteiger charge is 2.21. The minimum Gasteiger partial charge on any atom is -0.483 e. The lowest BCUT2D eigenvalue weighted by Crippen LogP contribution is -2.38. The number of halogens is 1. The first kappa shape index (κ1) is 9.15. The van der Waals surface area contributed by atoms with Crippen molar-refractivity contribution in [3.8, 4) is 5.75 Å². The summed E-state index contributed by atoms with van der Waals surface area (Å²) in [7, 11) is 0. The molecule has 74 valence electrons. The van der Waals surface area contributed by atoms with Gasteiger partial charge >= 0.3 is 0 Å². The molecule has 0 aromatic heterocycles. The summed E-state index contributed by atoms with van der Waals surface area (Å²) in [6, 6.07) is 4.13. The normalized spacial score (nSPS) is 16.1. The molecule has 0 amide bonds. The van der Waals surface area contributed by atoms with E-state index >= 15 is 0 Å². The molecule has 0 radical (unpaired) electrons. The Labute approximate surface area is 80.4 Å². The number of aldehydes is 1. The summed E-state index contributed by atoms with van der Waals surface area (Å²) in [6.07, 6.45) is 0.533. The van der Waals surface area contributed by atoms with Gasteiger partial charge in [-0.1, -0.05) is 0 Å². The van der Waals surface area contributed by atoms with Gasteiger partial charge in [-0.3, -0.25) is 4.79 Å². The van der Waals surface area contributed by atoms with Gasteiger partial charge in [0.05, 0.1) is 13.2 Å². The molecule has 1 aliphatic heterocycles. The summed E-state index contributed by atoms with van der Waals surface area (Å²) in [5.74, 6) is -0.342. The maximum absolute atomic E-state index is 13.2. The van der Waals surface area contributed by atoms with E-state index in [9.17, 15) is 9.18 Å². The van der Waals surface area contributed by atoms with Crippen LogP contribution in [0.25, 0.3) is 0 Å². The van der Waals surface area contributed by atoms with Crippen molar-refractivity contribution in [1.29, 1.82) is 0 Å². The van der Waals surface area contributed by atoms with E-state index in [2.05, 4.69) is 0 Å². The fourth-order valence-corrected chi connectivity index (χ4v) is 1.15. The standard InChI is InChI=1S/C10H9FO3/c11-9-3-7(4-12)1-2-10(9)14-8-5-13-6-8/h1-4,8H,5-6H2. The minimum absolute atomic E-state index is 0.0634. The van der Waals surface area contributed by atoms with Crippen molar-refractivity contribution in [2.24, 2.45) is 0 Å². The third-order valence-electron chi connectivity index (χ3n) is 1.99. The van der Waals surface area contributed by atoms with E-state index in [0.29, 0.717) is 25.1 Å². The molecule has 0 aliphatic carbocycles. The highest BCUT2D eigenvalue weighted by Crippen LogP contribution is 2.20. The zero-order valence-electron chi connectivity index (χ0n) is 7.40. The second-order valence-electron chi connectivity index (χ2n) is 3.09. The summed E-state index contributed by atoms with van der Waals surface area (Å²) < 4.78 is 23.4. The molecule has 1 fully saturated rings. The Hall–Kier alpha value is -1.42. The number of carbonyl (C=O) groups excluding carboxylic acids is 1. The molecule has 1 saturated heterocycles. The molecule has 4 heteroatoms. The second kappa shape index (κ2) is 3.75. The van der Waals surface area contributed by atoms with E-state index in [0.717, 1.165) is 6.07 Å². The fraction of sp³-hybridized carbons (Fsp3) is 0.300. The molecule has 0 bridgehead atoms. The predicted molar refractivity (Wildman–Crippen MR) is 47.0 cm³/mol. The summed E-state index contributed by atoms with van der Waals surface area (Å²) in [5.41, 5.74) is 0.305. The third-order valence-corrected chi connectivity index (χ3v) is 1.99. The highest BCUT2D eigenvalue weighted by molar-refractivity contribution is 5.74. The fourth-order valence-electron chi connectivity index (χ4n) is 1.15. The van der Waals surface area contributed by atoms with Gasteiger partial charge in [-0.2, -0.15) is 0 Å². The van der Waals surface area contributed by atoms with Crippen molar-refractivity contribution in [2.45, 2.75) is 6.10 Å². The predicted octanol–water partition coefficient (Wildman–Crippen LogP) is 1.42.